The summed E-state index contributed by atoms with van der Waals surface area (Å²) in [4.78, 5) is 24.7. The maximum Gasteiger partial charge on any atom is 0.310 e. The molecule has 4 nitrogen and oxygen atoms in total. The zero-order chi connectivity index (χ0) is 27.1. The molecule has 1 fully saturated rings. The second kappa shape index (κ2) is 22.9. The first-order valence-corrected chi connectivity index (χ1v) is 16.4. The van der Waals surface area contributed by atoms with E-state index in [0.717, 1.165) is 44.4 Å². The fourth-order valence-electron chi connectivity index (χ4n) is 5.89. The van der Waals surface area contributed by atoms with E-state index in [2.05, 4.69) is 20.8 Å². The van der Waals surface area contributed by atoms with Crippen molar-refractivity contribution in [2.75, 3.05) is 0 Å². The Hall–Kier alpha value is -1.06. The minimum atomic E-state index is -0.832. The Morgan fingerprint density at radius 3 is 1.49 bits per heavy atom. The topological polar surface area (TPSA) is 63.6 Å². The van der Waals surface area contributed by atoms with Gasteiger partial charge in [-0.05, 0) is 44.4 Å². The Morgan fingerprint density at radius 1 is 0.649 bits per heavy atom. The van der Waals surface area contributed by atoms with Crippen LogP contribution in [-0.4, -0.2) is 23.1 Å². The number of aliphatic carboxylic acids is 1. The molecule has 0 aromatic carbocycles. The molecule has 3 unspecified atom stereocenters. The molecule has 1 N–H and O–H groups in total. The number of carboxylic acids is 1. The Bertz CT molecular complexity index is 559. The van der Waals surface area contributed by atoms with Gasteiger partial charge in [0.15, 0.2) is 0 Å². The number of hydrogen-bond donors (Lipinski definition) is 1. The Balaban J connectivity index is 2.34. The van der Waals surface area contributed by atoms with Crippen molar-refractivity contribution >= 4 is 11.9 Å². The molecule has 1 aliphatic rings. The van der Waals surface area contributed by atoms with Gasteiger partial charge in [0.2, 0.25) is 0 Å². The molecule has 1 aliphatic carbocycles. The first-order valence-electron chi connectivity index (χ1n) is 16.4. The number of unbranched alkanes of at least 4 members (excludes halogenated alkanes) is 15. The summed E-state index contributed by atoms with van der Waals surface area (Å²) >= 11 is 0. The maximum atomic E-state index is 13.0. The first-order chi connectivity index (χ1) is 18.0. The average Bonchev–Trinajstić information content (AvgIpc) is 2.88. The van der Waals surface area contributed by atoms with Crippen molar-refractivity contribution in [3.63, 3.8) is 0 Å². The molecule has 0 heterocycles. The number of rotatable bonds is 24. The molecular formula is C33H62O4. The molecule has 0 aliphatic heterocycles. The molecular weight excluding hydrogens is 460 g/mol. The summed E-state index contributed by atoms with van der Waals surface area (Å²) in [6, 6.07) is 0. The number of carbonyl (C=O) groups is 2. The van der Waals surface area contributed by atoms with Gasteiger partial charge in [-0.3, -0.25) is 9.59 Å². The molecule has 0 radical (unpaired) electrons. The summed E-state index contributed by atoms with van der Waals surface area (Å²) in [6.07, 6.45) is 28.3. The van der Waals surface area contributed by atoms with E-state index in [1.54, 1.807) is 0 Å². The number of ether oxygens (including phenoxy) is 1. The summed E-state index contributed by atoms with van der Waals surface area (Å²) in [5.41, 5.74) is 0. The van der Waals surface area contributed by atoms with Crippen molar-refractivity contribution in [1.82, 2.24) is 0 Å². The van der Waals surface area contributed by atoms with E-state index in [1.165, 1.54) is 103 Å². The van der Waals surface area contributed by atoms with Crippen LogP contribution in [0.1, 0.15) is 175 Å². The van der Waals surface area contributed by atoms with Crippen LogP contribution >= 0.6 is 0 Å². The van der Waals surface area contributed by atoms with Gasteiger partial charge in [0.25, 0.3) is 0 Å². The summed E-state index contributed by atoms with van der Waals surface area (Å²) < 4.78 is 6.03. The highest BCUT2D eigenvalue weighted by Gasteiger charge is 2.37. The maximum absolute atomic E-state index is 13.0. The lowest BCUT2D eigenvalue weighted by molar-refractivity contribution is -0.164. The number of carboxylic acid groups (broad SMARTS) is 1. The number of esters is 1. The van der Waals surface area contributed by atoms with Gasteiger partial charge in [-0.2, -0.15) is 0 Å². The lowest BCUT2D eigenvalue weighted by Crippen LogP contribution is -2.35. The van der Waals surface area contributed by atoms with Crippen LogP contribution in [0.2, 0.25) is 0 Å². The Morgan fingerprint density at radius 2 is 1.05 bits per heavy atom. The molecule has 37 heavy (non-hydrogen) atoms. The van der Waals surface area contributed by atoms with Crippen molar-refractivity contribution in [1.29, 1.82) is 0 Å². The van der Waals surface area contributed by atoms with Gasteiger partial charge in [0.1, 0.15) is 6.10 Å². The quantitative estimate of drug-likeness (QED) is 0.101. The molecule has 1 rings (SSSR count). The van der Waals surface area contributed by atoms with Gasteiger partial charge in [-0.25, -0.2) is 0 Å². The zero-order valence-electron chi connectivity index (χ0n) is 25.0. The molecule has 0 amide bonds. The Labute approximate surface area is 230 Å². The highest BCUT2D eigenvalue weighted by molar-refractivity contribution is 5.81. The smallest absolute Gasteiger partial charge is 0.310 e. The number of hydrogen-bond acceptors (Lipinski definition) is 3. The lowest BCUT2D eigenvalue weighted by Gasteiger charge is -2.29. The lowest BCUT2D eigenvalue weighted by atomic mass is 9.79. The third-order valence-corrected chi connectivity index (χ3v) is 8.36. The van der Waals surface area contributed by atoms with Crippen molar-refractivity contribution in [2.24, 2.45) is 17.8 Å². The highest BCUT2D eigenvalue weighted by Crippen LogP contribution is 2.32. The fourth-order valence-corrected chi connectivity index (χ4v) is 5.89. The minimum absolute atomic E-state index is 0.0385. The van der Waals surface area contributed by atoms with Gasteiger partial charge in [0.05, 0.1) is 11.8 Å². The molecule has 0 spiro atoms. The largest absolute Gasteiger partial charge is 0.481 e. The summed E-state index contributed by atoms with van der Waals surface area (Å²) in [5, 5.41) is 9.59. The molecule has 0 saturated heterocycles. The Kier molecular flexibility index (Phi) is 21.0. The van der Waals surface area contributed by atoms with E-state index in [0.29, 0.717) is 12.8 Å². The minimum Gasteiger partial charge on any atom is -0.481 e. The van der Waals surface area contributed by atoms with Gasteiger partial charge in [-0.15, -0.1) is 0 Å². The third-order valence-electron chi connectivity index (χ3n) is 8.36. The highest BCUT2D eigenvalue weighted by atomic mass is 16.5. The second-order valence-electron chi connectivity index (χ2n) is 12.3. The normalized spacial score (nSPS) is 18.7. The van der Waals surface area contributed by atoms with Gasteiger partial charge < -0.3 is 9.84 Å². The molecule has 0 aromatic heterocycles. The summed E-state index contributed by atoms with van der Waals surface area (Å²) in [5.74, 6) is -1.28. The molecule has 4 heteroatoms. The van der Waals surface area contributed by atoms with Crippen LogP contribution in [0.5, 0.6) is 0 Å². The van der Waals surface area contributed by atoms with E-state index in [9.17, 15) is 14.7 Å². The van der Waals surface area contributed by atoms with Crippen LogP contribution < -0.4 is 0 Å². The van der Waals surface area contributed by atoms with E-state index < -0.39 is 17.8 Å². The van der Waals surface area contributed by atoms with Crippen LogP contribution in [0.15, 0.2) is 0 Å². The second-order valence-corrected chi connectivity index (χ2v) is 12.3. The molecule has 218 valence electrons. The van der Waals surface area contributed by atoms with Crippen LogP contribution in [0.3, 0.4) is 0 Å². The number of carbonyl (C=O) groups excluding carboxylic acids is 1. The predicted octanol–water partition coefficient (Wildman–Crippen LogP) is 10.3. The molecule has 0 bridgehead atoms. The van der Waals surface area contributed by atoms with Crippen molar-refractivity contribution in [2.45, 2.75) is 181 Å². The predicted molar refractivity (Wildman–Crippen MR) is 156 cm³/mol. The average molecular weight is 523 g/mol. The van der Waals surface area contributed by atoms with Gasteiger partial charge in [0, 0.05) is 0 Å². The summed E-state index contributed by atoms with van der Waals surface area (Å²) in [7, 11) is 0. The standard InChI is InChI=1S/C33H62O4/c1-4-5-6-7-8-9-10-11-12-16-19-24-29(25-20-17-14-13-15-18-23-28(2)3)37-33(36)31-27-22-21-26-30(31)32(34)35/h28-31H,4-27H2,1-3H3,(H,34,35). The van der Waals surface area contributed by atoms with Crippen molar-refractivity contribution in [3.8, 4) is 0 Å². The van der Waals surface area contributed by atoms with Gasteiger partial charge in [-0.1, -0.05) is 136 Å². The van der Waals surface area contributed by atoms with Crippen LogP contribution in [0.25, 0.3) is 0 Å². The van der Waals surface area contributed by atoms with E-state index >= 15 is 0 Å². The van der Waals surface area contributed by atoms with Crippen molar-refractivity contribution in [3.05, 3.63) is 0 Å². The third kappa shape index (κ3) is 18.0. The summed E-state index contributed by atoms with van der Waals surface area (Å²) in [6.45, 7) is 6.86. The fraction of sp³-hybridized carbons (Fsp3) is 0.939. The zero-order valence-corrected chi connectivity index (χ0v) is 25.0. The first kappa shape index (κ1) is 34.0. The van der Waals surface area contributed by atoms with Crippen molar-refractivity contribution < 1.29 is 19.4 Å². The van der Waals surface area contributed by atoms with E-state index in [-0.39, 0.29) is 12.1 Å². The molecule has 3 atom stereocenters. The van der Waals surface area contributed by atoms with Crippen LogP contribution in [-0.2, 0) is 14.3 Å². The monoisotopic (exact) mass is 522 g/mol. The van der Waals surface area contributed by atoms with Crippen LogP contribution in [0.4, 0.5) is 0 Å². The SMILES string of the molecule is CCCCCCCCCCCCCC(CCCCCCCCC(C)C)OC(=O)C1CCCCC1C(=O)O. The van der Waals surface area contributed by atoms with E-state index in [4.69, 9.17) is 4.74 Å². The van der Waals surface area contributed by atoms with E-state index in [1.807, 2.05) is 0 Å². The van der Waals surface area contributed by atoms with Crippen LogP contribution in [0, 0.1) is 17.8 Å². The van der Waals surface area contributed by atoms with Gasteiger partial charge >= 0.3 is 11.9 Å². The molecule has 1 saturated carbocycles. The molecule has 0 aromatic rings.